The Kier molecular flexibility index (Phi) is 3.36. The van der Waals surface area contributed by atoms with Gasteiger partial charge in [-0.3, -0.25) is 0 Å². The van der Waals surface area contributed by atoms with Gasteiger partial charge in [-0.2, -0.15) is 0 Å². The summed E-state index contributed by atoms with van der Waals surface area (Å²) >= 11 is 5.94. The van der Waals surface area contributed by atoms with Crippen LogP contribution in [-0.2, 0) is 6.54 Å². The summed E-state index contributed by atoms with van der Waals surface area (Å²) in [5.41, 5.74) is 10.1. The van der Waals surface area contributed by atoms with E-state index < -0.39 is 0 Å². The second-order valence-corrected chi connectivity index (χ2v) is 6.25. The zero-order valence-electron chi connectivity index (χ0n) is 12.5. The van der Waals surface area contributed by atoms with Crippen molar-refractivity contribution < 1.29 is 0 Å². The molecule has 3 aromatic rings. The van der Waals surface area contributed by atoms with Crippen molar-refractivity contribution in [1.29, 1.82) is 0 Å². The number of fused-ring (bicyclic) bond motifs is 1. The molecule has 1 aliphatic carbocycles. The van der Waals surface area contributed by atoms with Crippen molar-refractivity contribution in [2.75, 3.05) is 10.7 Å². The molecule has 3 aromatic heterocycles. The highest BCUT2D eigenvalue weighted by molar-refractivity contribution is 6.32. The molecule has 3 heterocycles. The second-order valence-electron chi connectivity index (χ2n) is 5.90. The minimum absolute atomic E-state index is 0.252. The molecule has 0 aliphatic heterocycles. The molecular weight excluding hydrogens is 312 g/mol. The average Bonchev–Trinajstić information content (AvgIpc) is 3.30. The number of nitrogen functional groups attached to an aromatic ring is 1. The van der Waals surface area contributed by atoms with Gasteiger partial charge in [-0.15, -0.1) is 0 Å². The molecule has 23 heavy (non-hydrogen) atoms. The molecular formula is C16H17ClN6. The summed E-state index contributed by atoms with van der Waals surface area (Å²) in [6, 6.07) is 5.95. The molecule has 4 N–H and O–H groups in total. The zero-order chi connectivity index (χ0) is 16.0. The molecule has 0 saturated heterocycles. The van der Waals surface area contributed by atoms with E-state index in [4.69, 9.17) is 23.2 Å². The number of nitrogens with two attached hydrogens (primary N) is 2. The summed E-state index contributed by atoms with van der Waals surface area (Å²) < 4.78 is 2.06. The Morgan fingerprint density at radius 2 is 2.09 bits per heavy atom. The molecule has 0 radical (unpaired) electrons. The number of nitrogens with zero attached hydrogens (tertiary/aromatic N) is 4. The van der Waals surface area contributed by atoms with Gasteiger partial charge in [0.1, 0.15) is 5.65 Å². The van der Waals surface area contributed by atoms with Gasteiger partial charge in [0.2, 0.25) is 0 Å². The van der Waals surface area contributed by atoms with Gasteiger partial charge in [-0.05, 0) is 36.5 Å². The highest BCUT2D eigenvalue weighted by Crippen LogP contribution is 2.39. The highest BCUT2D eigenvalue weighted by Gasteiger charge is 2.23. The number of hydrogen-bond acceptors (Lipinski definition) is 5. The van der Waals surface area contributed by atoms with Crippen LogP contribution in [0.25, 0.3) is 5.65 Å². The number of pyridine rings is 2. The number of rotatable bonds is 4. The minimum atomic E-state index is 0.252. The number of hydrazine groups is 1. The highest BCUT2D eigenvalue weighted by atomic mass is 35.5. The van der Waals surface area contributed by atoms with Crippen LogP contribution in [0.3, 0.4) is 0 Å². The van der Waals surface area contributed by atoms with Crippen LogP contribution in [0.2, 0.25) is 5.15 Å². The first kappa shape index (κ1) is 14.3. The van der Waals surface area contributed by atoms with E-state index in [0.29, 0.717) is 17.9 Å². The quantitative estimate of drug-likeness (QED) is 0.437. The smallest absolute Gasteiger partial charge is 0.154 e. The van der Waals surface area contributed by atoms with Crippen molar-refractivity contribution in [2.24, 2.45) is 5.84 Å². The maximum absolute atomic E-state index is 6.12. The van der Waals surface area contributed by atoms with Crippen molar-refractivity contribution in [3.8, 4) is 0 Å². The third-order valence-corrected chi connectivity index (χ3v) is 4.43. The maximum atomic E-state index is 6.12. The van der Waals surface area contributed by atoms with Crippen LogP contribution in [0, 0.1) is 0 Å². The third-order valence-electron chi connectivity index (χ3n) is 4.13. The van der Waals surface area contributed by atoms with Gasteiger partial charge < -0.3 is 15.1 Å². The predicted octanol–water partition coefficient (Wildman–Crippen LogP) is 2.72. The Bertz CT molecular complexity index is 870. The number of halogens is 1. The monoisotopic (exact) mass is 328 g/mol. The lowest BCUT2D eigenvalue weighted by molar-refractivity contribution is 0.834. The predicted molar refractivity (Wildman–Crippen MR) is 91.2 cm³/mol. The van der Waals surface area contributed by atoms with Crippen LogP contribution in [-0.4, -0.2) is 14.4 Å². The number of aromatic nitrogens is 3. The molecule has 0 unspecified atom stereocenters. The Morgan fingerprint density at radius 1 is 1.26 bits per heavy atom. The van der Waals surface area contributed by atoms with Gasteiger partial charge in [0.25, 0.3) is 0 Å². The lowest BCUT2D eigenvalue weighted by Crippen LogP contribution is -2.31. The number of hydrogen-bond donors (Lipinski definition) is 2. The fourth-order valence-corrected chi connectivity index (χ4v) is 2.90. The topological polar surface area (TPSA) is 85.5 Å². The van der Waals surface area contributed by atoms with Crippen LogP contribution < -0.4 is 16.6 Å². The van der Waals surface area contributed by atoms with Gasteiger partial charge in [0.15, 0.2) is 5.15 Å². The van der Waals surface area contributed by atoms with E-state index in [0.717, 1.165) is 17.3 Å². The summed E-state index contributed by atoms with van der Waals surface area (Å²) in [5.74, 6) is 6.84. The number of anilines is 2. The second kappa shape index (κ2) is 5.40. The molecule has 6 nitrogen and oxygen atoms in total. The standard InChI is InChI=1S/C16H17ClN6/c17-16-15(18)13(5-6-20-16)23(19)9-12-8-22-7-11(10-1-2-10)3-4-14(22)21-12/h3-8,10H,1-2,9,18-19H2. The zero-order valence-corrected chi connectivity index (χ0v) is 13.2. The first-order chi connectivity index (χ1) is 11.1. The lowest BCUT2D eigenvalue weighted by atomic mass is 10.2. The summed E-state index contributed by atoms with van der Waals surface area (Å²) in [6.45, 7) is 0.436. The van der Waals surface area contributed by atoms with Crippen molar-refractivity contribution in [3.63, 3.8) is 0 Å². The molecule has 1 fully saturated rings. The van der Waals surface area contributed by atoms with Crippen LogP contribution in [0.1, 0.15) is 30.0 Å². The SMILES string of the molecule is Nc1c(N(N)Cc2cn3cc(C4CC4)ccc3n2)ccnc1Cl. The van der Waals surface area contributed by atoms with Crippen LogP contribution >= 0.6 is 11.6 Å². The molecule has 0 amide bonds. The summed E-state index contributed by atoms with van der Waals surface area (Å²) in [6.07, 6.45) is 8.30. The molecule has 0 spiro atoms. The lowest BCUT2D eigenvalue weighted by Gasteiger charge is -2.19. The third kappa shape index (κ3) is 2.71. The largest absolute Gasteiger partial charge is 0.395 e. The van der Waals surface area contributed by atoms with Gasteiger partial charge in [0.05, 0.1) is 23.6 Å². The van der Waals surface area contributed by atoms with Crippen LogP contribution in [0.4, 0.5) is 11.4 Å². The van der Waals surface area contributed by atoms with E-state index >= 15 is 0 Å². The molecule has 0 bridgehead atoms. The molecule has 118 valence electrons. The molecule has 0 aromatic carbocycles. The normalized spacial score (nSPS) is 14.3. The van der Waals surface area contributed by atoms with Crippen molar-refractivity contribution in [2.45, 2.75) is 25.3 Å². The van der Waals surface area contributed by atoms with E-state index in [9.17, 15) is 0 Å². The molecule has 0 atom stereocenters. The van der Waals surface area contributed by atoms with Crippen molar-refractivity contribution in [1.82, 2.24) is 14.4 Å². The fourth-order valence-electron chi connectivity index (χ4n) is 2.74. The molecule has 4 rings (SSSR count). The Labute approximate surface area is 138 Å². The molecule has 1 saturated carbocycles. The van der Waals surface area contributed by atoms with E-state index in [2.05, 4.69) is 32.7 Å². The molecule has 1 aliphatic rings. The van der Waals surface area contributed by atoms with Gasteiger partial charge in [-0.1, -0.05) is 17.7 Å². The van der Waals surface area contributed by atoms with Gasteiger partial charge >= 0.3 is 0 Å². The summed E-state index contributed by atoms with van der Waals surface area (Å²) in [5, 5.41) is 1.79. The van der Waals surface area contributed by atoms with E-state index in [1.807, 2.05) is 6.20 Å². The van der Waals surface area contributed by atoms with Gasteiger partial charge in [-0.25, -0.2) is 15.8 Å². The first-order valence-electron chi connectivity index (χ1n) is 7.51. The number of imidazole rings is 1. The Morgan fingerprint density at radius 3 is 2.87 bits per heavy atom. The van der Waals surface area contributed by atoms with Gasteiger partial charge in [0, 0.05) is 18.6 Å². The summed E-state index contributed by atoms with van der Waals surface area (Å²) in [7, 11) is 0. The van der Waals surface area contributed by atoms with Crippen molar-refractivity contribution in [3.05, 3.63) is 53.2 Å². The van der Waals surface area contributed by atoms with E-state index in [1.165, 1.54) is 23.4 Å². The fraction of sp³-hybridized carbons (Fsp3) is 0.250. The minimum Gasteiger partial charge on any atom is -0.395 e. The van der Waals surface area contributed by atoms with E-state index in [-0.39, 0.29) is 5.15 Å². The molecule has 7 heteroatoms. The Hall–Kier alpha value is -2.31. The summed E-state index contributed by atoms with van der Waals surface area (Å²) in [4.78, 5) is 8.54. The first-order valence-corrected chi connectivity index (χ1v) is 7.89. The average molecular weight is 329 g/mol. The van der Waals surface area contributed by atoms with Crippen molar-refractivity contribution >= 4 is 28.6 Å². The van der Waals surface area contributed by atoms with Crippen LogP contribution in [0.15, 0.2) is 36.8 Å². The van der Waals surface area contributed by atoms with Crippen LogP contribution in [0.5, 0.6) is 0 Å². The Balaban J connectivity index is 1.60. The van der Waals surface area contributed by atoms with E-state index in [1.54, 1.807) is 12.3 Å². The maximum Gasteiger partial charge on any atom is 0.154 e.